The Hall–Kier alpha value is -3.15. The van der Waals surface area contributed by atoms with Gasteiger partial charge in [0, 0.05) is 5.56 Å². The molecule has 0 saturated carbocycles. The summed E-state index contributed by atoms with van der Waals surface area (Å²) in [7, 11) is 0. The molecule has 0 aliphatic rings. The zero-order chi connectivity index (χ0) is 15.8. The van der Waals surface area contributed by atoms with Crippen molar-refractivity contribution in [3.8, 4) is 11.5 Å². The fourth-order valence-corrected chi connectivity index (χ4v) is 1.69. The number of nitrogens with zero attached hydrogens (tertiary/aromatic N) is 2. The van der Waals surface area contributed by atoms with Crippen LogP contribution in [0.2, 0.25) is 0 Å². The molecule has 0 atom stereocenters. The smallest absolute Gasteiger partial charge is 0.293 e. The van der Waals surface area contributed by atoms with Crippen molar-refractivity contribution in [1.82, 2.24) is 0 Å². The van der Waals surface area contributed by atoms with Gasteiger partial charge < -0.3 is 14.9 Å². The van der Waals surface area contributed by atoms with E-state index in [1.165, 1.54) is 12.3 Å². The second kappa shape index (κ2) is 7.58. The van der Waals surface area contributed by atoms with Crippen LogP contribution in [0.5, 0.6) is 11.5 Å². The average molecular weight is 298 g/mol. The molecule has 0 heterocycles. The van der Waals surface area contributed by atoms with E-state index in [9.17, 15) is 9.90 Å². The maximum absolute atomic E-state index is 10.2. The largest absolute Gasteiger partial charge is 0.508 e. The molecule has 0 radical (unpaired) electrons. The number of carbonyl (C=O) groups is 1. The fraction of sp³-hybridized carbons (Fsp3) is 0.0625. The molecule has 22 heavy (non-hydrogen) atoms. The van der Waals surface area contributed by atoms with Gasteiger partial charge in [0.15, 0.2) is 0 Å². The molecule has 6 heteroatoms. The van der Waals surface area contributed by atoms with Crippen molar-refractivity contribution in [1.29, 1.82) is 0 Å². The van der Waals surface area contributed by atoms with E-state index in [1.807, 2.05) is 0 Å². The summed E-state index contributed by atoms with van der Waals surface area (Å²) in [4.78, 5) is 10.2. The normalized spacial score (nSPS) is 11.1. The summed E-state index contributed by atoms with van der Waals surface area (Å²) in [5.41, 5.74) is 2.00. The first-order chi connectivity index (χ1) is 10.7. The molecule has 0 unspecified atom stereocenters. The van der Waals surface area contributed by atoms with Gasteiger partial charge in [-0.15, -0.1) is 0 Å². The zero-order valence-electron chi connectivity index (χ0n) is 11.6. The van der Waals surface area contributed by atoms with E-state index in [1.54, 1.807) is 42.6 Å². The van der Waals surface area contributed by atoms with Crippen molar-refractivity contribution in [2.24, 2.45) is 10.2 Å². The number of hydrogen-bond donors (Lipinski definition) is 2. The van der Waals surface area contributed by atoms with Gasteiger partial charge >= 0.3 is 0 Å². The third-order valence-corrected chi connectivity index (χ3v) is 2.78. The van der Waals surface area contributed by atoms with Crippen molar-refractivity contribution >= 4 is 18.9 Å². The molecule has 0 bridgehead atoms. The molecule has 112 valence electrons. The van der Waals surface area contributed by atoms with E-state index in [0.29, 0.717) is 17.6 Å². The minimum absolute atomic E-state index is 0.00616. The molecule has 0 aliphatic carbocycles. The average Bonchev–Trinajstić information content (AvgIpc) is 2.53. The summed E-state index contributed by atoms with van der Waals surface area (Å²) in [6.45, 7) is 0.315. The molecule has 0 aliphatic heterocycles. The van der Waals surface area contributed by atoms with Crippen LogP contribution in [0.15, 0.2) is 52.7 Å². The van der Waals surface area contributed by atoms with E-state index >= 15 is 0 Å². The first-order valence-corrected chi connectivity index (χ1v) is 6.41. The predicted octanol–water partition coefficient (Wildman–Crippen LogP) is 2.22. The van der Waals surface area contributed by atoms with E-state index < -0.39 is 0 Å². The van der Waals surface area contributed by atoms with E-state index in [-0.39, 0.29) is 18.1 Å². The van der Waals surface area contributed by atoms with Crippen molar-refractivity contribution < 1.29 is 19.7 Å². The van der Waals surface area contributed by atoms with E-state index in [2.05, 4.69) is 14.9 Å². The molecule has 2 aromatic carbocycles. The van der Waals surface area contributed by atoms with Crippen LogP contribution < -0.4 is 0 Å². The lowest BCUT2D eigenvalue weighted by Crippen LogP contribution is -1.92. The van der Waals surface area contributed by atoms with E-state index in [4.69, 9.17) is 5.11 Å². The number of hydrogen-bond acceptors (Lipinski definition) is 6. The van der Waals surface area contributed by atoms with Crippen molar-refractivity contribution in [2.45, 2.75) is 6.61 Å². The van der Waals surface area contributed by atoms with Gasteiger partial charge in [-0.05, 0) is 53.6 Å². The molecule has 2 N–H and O–H groups in total. The van der Waals surface area contributed by atoms with Crippen LogP contribution in [0.25, 0.3) is 0 Å². The molecular formula is C16H14N2O4. The van der Waals surface area contributed by atoms with Gasteiger partial charge in [-0.1, -0.05) is 0 Å². The number of carbonyl (C=O) groups excluding carboxylic acids is 1. The standard InChI is InChI=1S/C16H14N2O4/c19-11-22-10-14-7-13(3-6-16(14)21)9-18-17-8-12-1-4-15(20)5-2-12/h1-9,11,20-21H,10H2. The molecular weight excluding hydrogens is 284 g/mol. The molecule has 6 nitrogen and oxygen atoms in total. The Bertz CT molecular complexity index is 694. The van der Waals surface area contributed by atoms with E-state index in [0.717, 1.165) is 5.56 Å². The van der Waals surface area contributed by atoms with Crippen LogP contribution >= 0.6 is 0 Å². The van der Waals surface area contributed by atoms with Gasteiger partial charge in [0.2, 0.25) is 0 Å². The van der Waals surface area contributed by atoms with Crippen LogP contribution in [0, 0.1) is 0 Å². The SMILES string of the molecule is O=COCc1cc(C=NN=Cc2ccc(O)cc2)ccc1O. The van der Waals surface area contributed by atoms with Crippen molar-refractivity contribution in [3.63, 3.8) is 0 Å². The van der Waals surface area contributed by atoms with Gasteiger partial charge in [-0.3, -0.25) is 4.79 Å². The van der Waals surface area contributed by atoms with Crippen LogP contribution in [0.3, 0.4) is 0 Å². The van der Waals surface area contributed by atoms with Crippen molar-refractivity contribution in [2.75, 3.05) is 0 Å². The fourth-order valence-electron chi connectivity index (χ4n) is 1.69. The lowest BCUT2D eigenvalue weighted by molar-refractivity contribution is -0.129. The lowest BCUT2D eigenvalue weighted by Gasteiger charge is -2.03. The molecule has 0 aromatic heterocycles. The summed E-state index contributed by atoms with van der Waals surface area (Å²) >= 11 is 0. The molecule has 0 saturated heterocycles. The quantitative estimate of drug-likeness (QED) is 0.486. The summed E-state index contributed by atoms with van der Waals surface area (Å²) in [5, 5.41) is 26.6. The van der Waals surface area contributed by atoms with Gasteiger partial charge in [-0.25, -0.2) is 0 Å². The Kier molecular flexibility index (Phi) is 5.25. The third-order valence-electron chi connectivity index (χ3n) is 2.78. The first kappa shape index (κ1) is 15.2. The number of phenolic OH excluding ortho intramolecular Hbond substituents is 2. The second-order valence-electron chi connectivity index (χ2n) is 4.38. The van der Waals surface area contributed by atoms with Gasteiger partial charge in [-0.2, -0.15) is 10.2 Å². The van der Waals surface area contributed by atoms with Gasteiger partial charge in [0.25, 0.3) is 6.47 Å². The highest BCUT2D eigenvalue weighted by atomic mass is 16.5. The number of benzene rings is 2. The summed E-state index contributed by atoms with van der Waals surface area (Å²) in [6.07, 6.45) is 3.06. The number of phenols is 2. The molecule has 0 amide bonds. The zero-order valence-corrected chi connectivity index (χ0v) is 11.6. The molecule has 0 fully saturated rings. The Morgan fingerprint density at radius 1 is 0.955 bits per heavy atom. The van der Waals surface area contributed by atoms with Crippen LogP contribution in [-0.2, 0) is 16.1 Å². The minimum atomic E-state index is -0.00616. The Morgan fingerprint density at radius 2 is 1.59 bits per heavy atom. The lowest BCUT2D eigenvalue weighted by atomic mass is 10.1. The number of ether oxygens (including phenoxy) is 1. The Labute approximate surface area is 127 Å². The highest BCUT2D eigenvalue weighted by molar-refractivity contribution is 5.83. The minimum Gasteiger partial charge on any atom is -0.508 e. The number of rotatable bonds is 6. The van der Waals surface area contributed by atoms with Crippen LogP contribution in [0.1, 0.15) is 16.7 Å². The Morgan fingerprint density at radius 3 is 2.27 bits per heavy atom. The first-order valence-electron chi connectivity index (χ1n) is 6.41. The monoisotopic (exact) mass is 298 g/mol. The maximum atomic E-state index is 10.2. The van der Waals surface area contributed by atoms with Crippen molar-refractivity contribution in [3.05, 3.63) is 59.2 Å². The topological polar surface area (TPSA) is 91.5 Å². The van der Waals surface area contributed by atoms with Crippen LogP contribution in [0.4, 0.5) is 0 Å². The molecule has 2 aromatic rings. The van der Waals surface area contributed by atoms with Gasteiger partial charge in [0.1, 0.15) is 18.1 Å². The van der Waals surface area contributed by atoms with Gasteiger partial charge in [0.05, 0.1) is 12.4 Å². The number of aromatic hydroxyl groups is 2. The highest BCUT2D eigenvalue weighted by Gasteiger charge is 2.02. The Balaban J connectivity index is 2.03. The molecule has 2 rings (SSSR count). The second-order valence-corrected chi connectivity index (χ2v) is 4.38. The highest BCUT2D eigenvalue weighted by Crippen LogP contribution is 2.18. The predicted molar refractivity (Wildman–Crippen MR) is 82.3 cm³/mol. The summed E-state index contributed by atoms with van der Waals surface area (Å²) in [6, 6.07) is 11.4. The van der Waals surface area contributed by atoms with Crippen LogP contribution in [-0.4, -0.2) is 29.1 Å². The maximum Gasteiger partial charge on any atom is 0.293 e. The summed E-state index contributed by atoms with van der Waals surface area (Å²) < 4.78 is 4.61. The third kappa shape index (κ3) is 4.45. The summed E-state index contributed by atoms with van der Waals surface area (Å²) in [5.74, 6) is 0.237. The molecule has 0 spiro atoms.